The minimum atomic E-state index is -0.467. The lowest BCUT2D eigenvalue weighted by Gasteiger charge is -2.07. The van der Waals surface area contributed by atoms with Crippen molar-refractivity contribution in [1.29, 1.82) is 0 Å². The Bertz CT molecular complexity index is 641. The maximum atomic E-state index is 11.9. The third kappa shape index (κ3) is 6.08. The molecule has 2 aromatic rings. The summed E-state index contributed by atoms with van der Waals surface area (Å²) in [6.07, 6.45) is 0. The molecule has 0 aliphatic carbocycles. The highest BCUT2D eigenvalue weighted by atomic mass is 32.2. The van der Waals surface area contributed by atoms with E-state index in [2.05, 4.69) is 16.8 Å². The number of benzene rings is 1. The lowest BCUT2D eigenvalue weighted by Crippen LogP contribution is -2.30. The third-order valence-electron chi connectivity index (χ3n) is 3.09. The first-order chi connectivity index (χ1) is 11.2. The molecule has 1 N–H and O–H groups in total. The predicted molar refractivity (Wildman–Crippen MR) is 95.0 cm³/mol. The van der Waals surface area contributed by atoms with Gasteiger partial charge in [0, 0.05) is 22.9 Å². The Kier molecular flexibility index (Phi) is 7.16. The number of thiophene rings is 1. The first kappa shape index (κ1) is 17.6. The summed E-state index contributed by atoms with van der Waals surface area (Å²) in [5.74, 6) is 1.04. The molecule has 0 spiro atoms. The van der Waals surface area contributed by atoms with Gasteiger partial charge in [-0.15, -0.1) is 11.3 Å². The zero-order valence-corrected chi connectivity index (χ0v) is 14.5. The smallest absolute Gasteiger partial charge is 0.338 e. The van der Waals surface area contributed by atoms with Gasteiger partial charge in [-0.25, -0.2) is 4.79 Å². The number of aryl methyl sites for hydroxylation is 1. The summed E-state index contributed by atoms with van der Waals surface area (Å²) in [6.45, 7) is 2.15. The van der Waals surface area contributed by atoms with Crippen LogP contribution >= 0.6 is 23.1 Å². The first-order valence-electron chi connectivity index (χ1n) is 7.26. The summed E-state index contributed by atoms with van der Waals surface area (Å²) >= 11 is 3.50. The maximum Gasteiger partial charge on any atom is 0.338 e. The van der Waals surface area contributed by atoms with E-state index in [9.17, 15) is 9.59 Å². The topological polar surface area (TPSA) is 55.4 Å². The quantitative estimate of drug-likeness (QED) is 0.587. The van der Waals surface area contributed by atoms with Gasteiger partial charge in [-0.1, -0.05) is 24.3 Å². The normalized spacial score (nSPS) is 10.3. The predicted octanol–water partition coefficient (Wildman–Crippen LogP) is 3.26. The molecular weight excluding hydrogens is 330 g/mol. The van der Waals surface area contributed by atoms with E-state index in [1.807, 2.05) is 25.1 Å². The highest BCUT2D eigenvalue weighted by Crippen LogP contribution is 2.16. The van der Waals surface area contributed by atoms with Crippen LogP contribution in [0.15, 0.2) is 41.8 Å². The fraction of sp³-hybridized carbons (Fsp3) is 0.294. The number of thioether (sulfide) groups is 1. The highest BCUT2D eigenvalue weighted by Gasteiger charge is 2.11. The van der Waals surface area contributed by atoms with Crippen LogP contribution in [0.1, 0.15) is 20.8 Å². The zero-order valence-electron chi connectivity index (χ0n) is 12.9. The molecule has 23 heavy (non-hydrogen) atoms. The number of hydrogen-bond donors (Lipinski definition) is 1. The molecule has 122 valence electrons. The number of carbonyl (C=O) groups is 2. The van der Waals surface area contributed by atoms with Crippen LogP contribution in [-0.4, -0.2) is 30.8 Å². The third-order valence-corrected chi connectivity index (χ3v) is 5.16. The average molecular weight is 349 g/mol. The van der Waals surface area contributed by atoms with Gasteiger partial charge < -0.3 is 10.1 Å². The van der Waals surface area contributed by atoms with Crippen LogP contribution in [0.25, 0.3) is 0 Å². The summed E-state index contributed by atoms with van der Waals surface area (Å²) < 4.78 is 5.03. The van der Waals surface area contributed by atoms with E-state index in [1.165, 1.54) is 4.88 Å². The number of nitrogens with one attached hydrogen (secondary N) is 1. The molecule has 6 heteroatoms. The molecule has 1 aromatic heterocycles. The van der Waals surface area contributed by atoms with Crippen molar-refractivity contribution in [3.05, 3.63) is 57.8 Å². The highest BCUT2D eigenvalue weighted by molar-refractivity contribution is 7.98. The first-order valence-corrected chi connectivity index (χ1v) is 9.30. The molecule has 4 nitrogen and oxygen atoms in total. The summed E-state index contributed by atoms with van der Waals surface area (Å²) in [5.41, 5.74) is 1.33. The lowest BCUT2D eigenvalue weighted by atomic mass is 10.1. The van der Waals surface area contributed by atoms with Crippen LogP contribution in [0.5, 0.6) is 0 Å². The SMILES string of the molecule is Cc1ccccc1C(=O)OCC(=O)NCCSCc1cccs1. The van der Waals surface area contributed by atoms with Gasteiger partial charge in [-0.3, -0.25) is 4.79 Å². The van der Waals surface area contributed by atoms with E-state index < -0.39 is 5.97 Å². The van der Waals surface area contributed by atoms with Gasteiger partial charge in [-0.2, -0.15) is 11.8 Å². The number of carbonyl (C=O) groups excluding carboxylic acids is 2. The Morgan fingerprint density at radius 2 is 2.04 bits per heavy atom. The second-order valence-electron chi connectivity index (χ2n) is 4.87. The van der Waals surface area contributed by atoms with Crippen molar-refractivity contribution in [2.24, 2.45) is 0 Å². The molecule has 0 aliphatic rings. The van der Waals surface area contributed by atoms with Gasteiger partial charge in [0.05, 0.1) is 5.56 Å². The Hall–Kier alpha value is -1.79. The summed E-state index contributed by atoms with van der Waals surface area (Å²) in [7, 11) is 0. The molecule has 0 saturated heterocycles. The molecule has 1 heterocycles. The Morgan fingerprint density at radius 3 is 2.78 bits per heavy atom. The monoisotopic (exact) mass is 349 g/mol. The lowest BCUT2D eigenvalue weighted by molar-refractivity contribution is -0.124. The molecule has 0 unspecified atom stereocenters. The van der Waals surface area contributed by atoms with Gasteiger partial charge in [0.1, 0.15) is 0 Å². The molecule has 0 aliphatic heterocycles. The van der Waals surface area contributed by atoms with Crippen LogP contribution in [0.3, 0.4) is 0 Å². The molecule has 0 saturated carbocycles. The van der Waals surface area contributed by atoms with Crippen molar-refractivity contribution in [2.45, 2.75) is 12.7 Å². The molecule has 2 rings (SSSR count). The Labute approximate surface area is 144 Å². The van der Waals surface area contributed by atoms with Crippen molar-refractivity contribution in [2.75, 3.05) is 18.9 Å². The van der Waals surface area contributed by atoms with Gasteiger partial charge in [0.15, 0.2) is 6.61 Å². The molecule has 1 aromatic carbocycles. The van der Waals surface area contributed by atoms with Crippen LogP contribution in [0.4, 0.5) is 0 Å². The second kappa shape index (κ2) is 9.37. The standard InChI is InChI=1S/C17H19NO3S2/c1-13-5-2-3-7-15(13)17(20)21-11-16(19)18-8-10-22-12-14-6-4-9-23-14/h2-7,9H,8,10-12H2,1H3,(H,18,19). The van der Waals surface area contributed by atoms with E-state index in [1.54, 1.807) is 35.2 Å². The summed E-state index contributed by atoms with van der Waals surface area (Å²) in [5, 5.41) is 4.81. The second-order valence-corrected chi connectivity index (χ2v) is 7.01. The number of esters is 1. The van der Waals surface area contributed by atoms with E-state index in [0.717, 1.165) is 17.1 Å². The Balaban J connectivity index is 1.60. The van der Waals surface area contributed by atoms with E-state index in [4.69, 9.17) is 4.74 Å². The van der Waals surface area contributed by atoms with Crippen molar-refractivity contribution in [3.63, 3.8) is 0 Å². The number of amides is 1. The van der Waals surface area contributed by atoms with Crippen molar-refractivity contribution < 1.29 is 14.3 Å². The molecule has 0 bridgehead atoms. The van der Waals surface area contributed by atoms with E-state index >= 15 is 0 Å². The number of hydrogen-bond acceptors (Lipinski definition) is 5. The Morgan fingerprint density at radius 1 is 1.22 bits per heavy atom. The van der Waals surface area contributed by atoms with Crippen LogP contribution in [-0.2, 0) is 15.3 Å². The fourth-order valence-corrected chi connectivity index (χ4v) is 3.59. The average Bonchev–Trinajstić information content (AvgIpc) is 3.06. The summed E-state index contributed by atoms with van der Waals surface area (Å²) in [6, 6.07) is 11.3. The molecule has 0 radical (unpaired) electrons. The van der Waals surface area contributed by atoms with Crippen LogP contribution in [0.2, 0.25) is 0 Å². The maximum absolute atomic E-state index is 11.9. The van der Waals surface area contributed by atoms with E-state index in [-0.39, 0.29) is 12.5 Å². The van der Waals surface area contributed by atoms with E-state index in [0.29, 0.717) is 12.1 Å². The molecule has 1 amide bonds. The minimum Gasteiger partial charge on any atom is -0.452 e. The molecule has 0 atom stereocenters. The summed E-state index contributed by atoms with van der Waals surface area (Å²) in [4.78, 5) is 24.9. The molecular formula is C17H19NO3S2. The molecule has 0 fully saturated rings. The van der Waals surface area contributed by atoms with Gasteiger partial charge in [0.25, 0.3) is 5.91 Å². The largest absolute Gasteiger partial charge is 0.452 e. The van der Waals surface area contributed by atoms with Crippen LogP contribution in [0, 0.1) is 6.92 Å². The van der Waals surface area contributed by atoms with Crippen molar-refractivity contribution in [3.8, 4) is 0 Å². The fourth-order valence-electron chi connectivity index (χ4n) is 1.89. The van der Waals surface area contributed by atoms with Crippen molar-refractivity contribution in [1.82, 2.24) is 5.32 Å². The van der Waals surface area contributed by atoms with Gasteiger partial charge >= 0.3 is 5.97 Å². The zero-order chi connectivity index (χ0) is 16.5. The minimum absolute atomic E-state index is 0.247. The van der Waals surface area contributed by atoms with Crippen molar-refractivity contribution >= 4 is 35.0 Å². The number of rotatable bonds is 8. The van der Waals surface area contributed by atoms with Gasteiger partial charge in [-0.05, 0) is 30.0 Å². The van der Waals surface area contributed by atoms with Gasteiger partial charge in [0.2, 0.25) is 0 Å². The number of ether oxygens (including phenoxy) is 1. The van der Waals surface area contributed by atoms with Crippen LogP contribution < -0.4 is 5.32 Å².